The Kier molecular flexibility index (Phi) is 5.65. The summed E-state index contributed by atoms with van der Waals surface area (Å²) in [5, 5.41) is 9.59. The van der Waals surface area contributed by atoms with Crippen molar-refractivity contribution in [2.75, 3.05) is 32.8 Å². The van der Waals surface area contributed by atoms with Crippen molar-refractivity contribution in [3.8, 4) is 0 Å². The van der Waals surface area contributed by atoms with Crippen LogP contribution in [0.25, 0.3) is 0 Å². The van der Waals surface area contributed by atoms with Crippen LogP contribution in [0.2, 0.25) is 0 Å². The number of morpholine rings is 1. The molecule has 2 heterocycles. The minimum absolute atomic E-state index is 0.0896. The first-order valence-electron chi connectivity index (χ1n) is 8.63. The van der Waals surface area contributed by atoms with E-state index in [4.69, 9.17) is 4.74 Å². The zero-order valence-electron chi connectivity index (χ0n) is 14.1. The molecular formula is C18H23FN2O4. The van der Waals surface area contributed by atoms with Crippen LogP contribution in [0.1, 0.15) is 18.4 Å². The fourth-order valence-electron chi connectivity index (χ4n) is 3.63. The Labute approximate surface area is 146 Å². The first kappa shape index (κ1) is 17.8. The van der Waals surface area contributed by atoms with Gasteiger partial charge in [0, 0.05) is 25.7 Å². The van der Waals surface area contributed by atoms with Crippen molar-refractivity contribution in [3.63, 3.8) is 0 Å². The lowest BCUT2D eigenvalue weighted by Crippen LogP contribution is -2.56. The summed E-state index contributed by atoms with van der Waals surface area (Å²) in [6.07, 6.45) is 1.29. The molecule has 0 saturated carbocycles. The number of carbonyl (C=O) groups is 2. The molecule has 2 atom stereocenters. The van der Waals surface area contributed by atoms with Crippen LogP contribution in [0, 0.1) is 5.82 Å². The van der Waals surface area contributed by atoms with Gasteiger partial charge in [0.2, 0.25) is 5.91 Å². The summed E-state index contributed by atoms with van der Waals surface area (Å²) in [4.78, 5) is 28.0. The van der Waals surface area contributed by atoms with E-state index in [2.05, 4.69) is 4.90 Å². The van der Waals surface area contributed by atoms with Crippen LogP contribution in [0.15, 0.2) is 24.3 Å². The van der Waals surface area contributed by atoms with E-state index in [0.717, 1.165) is 19.5 Å². The zero-order chi connectivity index (χ0) is 17.8. The summed E-state index contributed by atoms with van der Waals surface area (Å²) < 4.78 is 18.3. The van der Waals surface area contributed by atoms with E-state index in [9.17, 15) is 19.1 Å². The molecule has 1 N–H and O–H groups in total. The molecule has 1 aromatic carbocycles. The van der Waals surface area contributed by atoms with Gasteiger partial charge in [-0.3, -0.25) is 9.69 Å². The van der Waals surface area contributed by atoms with Gasteiger partial charge in [0.05, 0.1) is 19.6 Å². The Hall–Kier alpha value is -1.99. The highest BCUT2D eigenvalue weighted by Crippen LogP contribution is 2.24. The number of carboxylic acids is 1. The third-order valence-electron chi connectivity index (χ3n) is 5.01. The van der Waals surface area contributed by atoms with Crippen molar-refractivity contribution < 1.29 is 23.8 Å². The molecule has 6 nitrogen and oxygen atoms in total. The minimum atomic E-state index is -0.967. The summed E-state index contributed by atoms with van der Waals surface area (Å²) in [5.41, 5.74) is 0.686. The van der Waals surface area contributed by atoms with E-state index >= 15 is 0 Å². The summed E-state index contributed by atoms with van der Waals surface area (Å²) in [7, 11) is 0. The summed E-state index contributed by atoms with van der Waals surface area (Å²) in [6.45, 7) is 3.38. The molecule has 0 aliphatic carbocycles. The molecule has 2 fully saturated rings. The average Bonchev–Trinajstić information content (AvgIpc) is 2.63. The molecule has 2 aliphatic rings. The zero-order valence-corrected chi connectivity index (χ0v) is 14.1. The quantitative estimate of drug-likeness (QED) is 0.882. The first-order chi connectivity index (χ1) is 12.0. The molecule has 1 aromatic rings. The summed E-state index contributed by atoms with van der Waals surface area (Å²) >= 11 is 0. The fourth-order valence-corrected chi connectivity index (χ4v) is 3.63. The van der Waals surface area contributed by atoms with Crippen molar-refractivity contribution in [1.29, 1.82) is 0 Å². The number of aliphatic carboxylic acids is 1. The number of benzene rings is 1. The van der Waals surface area contributed by atoms with E-state index in [0.29, 0.717) is 31.7 Å². The second-order valence-corrected chi connectivity index (χ2v) is 6.57. The highest BCUT2D eigenvalue weighted by atomic mass is 19.1. The lowest BCUT2D eigenvalue weighted by molar-refractivity contribution is -0.153. The van der Waals surface area contributed by atoms with Crippen molar-refractivity contribution in [3.05, 3.63) is 35.6 Å². The second-order valence-electron chi connectivity index (χ2n) is 6.57. The number of likely N-dealkylation sites (tertiary alicyclic amines) is 1. The second kappa shape index (κ2) is 7.93. The van der Waals surface area contributed by atoms with Gasteiger partial charge in [-0.1, -0.05) is 12.1 Å². The molecule has 3 rings (SSSR count). The van der Waals surface area contributed by atoms with Crippen LogP contribution < -0.4 is 0 Å². The molecular weight excluding hydrogens is 327 g/mol. The molecule has 1 amide bonds. The Morgan fingerprint density at radius 3 is 2.48 bits per heavy atom. The number of carboxylic acid groups (broad SMARTS) is 1. The van der Waals surface area contributed by atoms with E-state index < -0.39 is 12.0 Å². The Morgan fingerprint density at radius 2 is 1.84 bits per heavy atom. The van der Waals surface area contributed by atoms with Gasteiger partial charge in [0.1, 0.15) is 11.9 Å². The van der Waals surface area contributed by atoms with E-state index in [1.807, 2.05) is 0 Å². The van der Waals surface area contributed by atoms with Crippen molar-refractivity contribution in [2.45, 2.75) is 31.3 Å². The molecule has 0 aromatic heterocycles. The molecule has 25 heavy (non-hydrogen) atoms. The molecule has 136 valence electrons. The van der Waals surface area contributed by atoms with Gasteiger partial charge < -0.3 is 14.7 Å². The predicted octanol–water partition coefficient (Wildman–Crippen LogP) is 1.14. The number of halogens is 1. The summed E-state index contributed by atoms with van der Waals surface area (Å²) in [5.74, 6) is -1.55. The number of nitrogens with zero attached hydrogens (tertiary/aromatic N) is 2. The molecule has 0 bridgehead atoms. The van der Waals surface area contributed by atoms with Gasteiger partial charge in [-0.25, -0.2) is 9.18 Å². The Morgan fingerprint density at radius 1 is 1.16 bits per heavy atom. The maximum Gasteiger partial charge on any atom is 0.326 e. The van der Waals surface area contributed by atoms with Crippen LogP contribution in [-0.4, -0.2) is 71.7 Å². The lowest BCUT2D eigenvalue weighted by atomic mass is 9.94. The average molecular weight is 350 g/mol. The fraction of sp³-hybridized carbons (Fsp3) is 0.556. The highest BCUT2D eigenvalue weighted by Gasteiger charge is 2.38. The van der Waals surface area contributed by atoms with Crippen LogP contribution in [0.4, 0.5) is 4.39 Å². The number of carbonyl (C=O) groups excluding carboxylic acids is 1. The lowest BCUT2D eigenvalue weighted by Gasteiger charge is -2.43. The number of piperidine rings is 1. The minimum Gasteiger partial charge on any atom is -0.480 e. The molecule has 2 saturated heterocycles. The largest absolute Gasteiger partial charge is 0.480 e. The van der Waals surface area contributed by atoms with Crippen molar-refractivity contribution in [2.24, 2.45) is 0 Å². The number of amides is 1. The smallest absolute Gasteiger partial charge is 0.326 e. The van der Waals surface area contributed by atoms with Gasteiger partial charge in [-0.2, -0.15) is 0 Å². The Bertz CT molecular complexity index is 616. The van der Waals surface area contributed by atoms with Gasteiger partial charge >= 0.3 is 5.97 Å². The number of ether oxygens (including phenoxy) is 1. The van der Waals surface area contributed by atoms with Gasteiger partial charge in [0.15, 0.2) is 0 Å². The van der Waals surface area contributed by atoms with Crippen LogP contribution >= 0.6 is 0 Å². The molecule has 2 aliphatic heterocycles. The van der Waals surface area contributed by atoms with Crippen LogP contribution in [0.3, 0.4) is 0 Å². The topological polar surface area (TPSA) is 70.1 Å². The van der Waals surface area contributed by atoms with Crippen LogP contribution in [-0.2, 0) is 20.7 Å². The standard InChI is InChI=1S/C18H23FN2O4/c19-14-3-1-13(2-4-14)11-17(22)21-6-5-15(12-16(21)18(23)24)20-7-9-25-10-8-20/h1-4,15-16H,5-12H2,(H,23,24)/t15-,16+/m1/s1. The van der Waals surface area contributed by atoms with Crippen LogP contribution in [0.5, 0.6) is 0 Å². The molecule has 0 unspecified atom stereocenters. The Balaban J connectivity index is 1.65. The van der Waals surface area contributed by atoms with E-state index in [1.165, 1.54) is 17.0 Å². The third kappa shape index (κ3) is 4.35. The first-order valence-corrected chi connectivity index (χ1v) is 8.63. The van der Waals surface area contributed by atoms with Gasteiger partial charge in [-0.05, 0) is 30.5 Å². The molecule has 0 spiro atoms. The third-order valence-corrected chi connectivity index (χ3v) is 5.01. The maximum atomic E-state index is 13.0. The number of hydrogen-bond donors (Lipinski definition) is 1. The molecule has 0 radical (unpaired) electrons. The molecule has 7 heteroatoms. The van der Waals surface area contributed by atoms with Gasteiger partial charge in [-0.15, -0.1) is 0 Å². The SMILES string of the molecule is O=C(O)[C@@H]1C[C@H](N2CCOCC2)CCN1C(=O)Cc1ccc(F)cc1. The van der Waals surface area contributed by atoms with Crippen molar-refractivity contribution >= 4 is 11.9 Å². The number of rotatable bonds is 4. The normalized spacial score (nSPS) is 24.9. The maximum absolute atomic E-state index is 13.0. The van der Waals surface area contributed by atoms with Gasteiger partial charge in [0.25, 0.3) is 0 Å². The monoisotopic (exact) mass is 350 g/mol. The van der Waals surface area contributed by atoms with E-state index in [-0.39, 0.29) is 24.2 Å². The van der Waals surface area contributed by atoms with E-state index in [1.54, 1.807) is 12.1 Å². The predicted molar refractivity (Wildman–Crippen MR) is 88.7 cm³/mol. The summed E-state index contributed by atoms with van der Waals surface area (Å²) in [6, 6.07) is 5.09. The number of hydrogen-bond acceptors (Lipinski definition) is 4. The van der Waals surface area contributed by atoms with Crippen molar-refractivity contribution in [1.82, 2.24) is 9.80 Å². The highest BCUT2D eigenvalue weighted by molar-refractivity contribution is 5.85.